The van der Waals surface area contributed by atoms with E-state index in [9.17, 15) is 4.39 Å². The van der Waals surface area contributed by atoms with E-state index in [0.29, 0.717) is 10.6 Å². The van der Waals surface area contributed by atoms with Gasteiger partial charge in [-0.1, -0.05) is 46.8 Å². The maximum atomic E-state index is 13.1. The van der Waals surface area contributed by atoms with Gasteiger partial charge >= 0.3 is 0 Å². The standard InChI is InChI=1S/C15H17BrClFO/c16-13-9-14(15(13)6-2-1-3-7-15)19-10-4-5-12(18)11(17)8-10/h4-5,8,13-14H,1-3,6-7,9H2. The van der Waals surface area contributed by atoms with E-state index in [1.165, 1.54) is 38.2 Å². The maximum Gasteiger partial charge on any atom is 0.142 e. The predicted molar refractivity (Wildman–Crippen MR) is 78.7 cm³/mol. The Morgan fingerprint density at radius 3 is 2.63 bits per heavy atom. The van der Waals surface area contributed by atoms with Crippen molar-refractivity contribution in [2.24, 2.45) is 5.41 Å². The molecule has 1 aromatic rings. The molecule has 19 heavy (non-hydrogen) atoms. The predicted octanol–water partition coefficient (Wildman–Crippen LogP) is 5.34. The molecule has 0 N–H and O–H groups in total. The number of alkyl halides is 1. The van der Waals surface area contributed by atoms with E-state index in [1.807, 2.05) is 0 Å². The van der Waals surface area contributed by atoms with Gasteiger partial charge in [-0.25, -0.2) is 4.39 Å². The third-order valence-electron chi connectivity index (χ3n) is 4.64. The van der Waals surface area contributed by atoms with E-state index in [1.54, 1.807) is 12.1 Å². The van der Waals surface area contributed by atoms with Crippen molar-refractivity contribution in [2.45, 2.75) is 49.5 Å². The van der Waals surface area contributed by atoms with Crippen molar-refractivity contribution in [3.8, 4) is 5.75 Å². The lowest BCUT2D eigenvalue weighted by atomic mass is 9.58. The highest BCUT2D eigenvalue weighted by molar-refractivity contribution is 9.09. The van der Waals surface area contributed by atoms with Crippen LogP contribution in [-0.4, -0.2) is 10.9 Å². The van der Waals surface area contributed by atoms with Crippen molar-refractivity contribution in [1.82, 2.24) is 0 Å². The smallest absolute Gasteiger partial charge is 0.142 e. The van der Waals surface area contributed by atoms with Gasteiger partial charge in [0, 0.05) is 16.3 Å². The molecule has 0 heterocycles. The van der Waals surface area contributed by atoms with Gasteiger partial charge in [-0.15, -0.1) is 0 Å². The fraction of sp³-hybridized carbons (Fsp3) is 0.600. The Morgan fingerprint density at radius 1 is 1.26 bits per heavy atom. The Kier molecular flexibility index (Phi) is 3.78. The number of ether oxygens (including phenoxy) is 1. The highest BCUT2D eigenvalue weighted by Gasteiger charge is 2.55. The van der Waals surface area contributed by atoms with Crippen molar-refractivity contribution in [3.63, 3.8) is 0 Å². The van der Waals surface area contributed by atoms with Crippen LogP contribution in [0.2, 0.25) is 5.02 Å². The van der Waals surface area contributed by atoms with Crippen LogP contribution in [0.4, 0.5) is 4.39 Å². The number of rotatable bonds is 2. The summed E-state index contributed by atoms with van der Waals surface area (Å²) in [7, 11) is 0. The molecule has 2 fully saturated rings. The summed E-state index contributed by atoms with van der Waals surface area (Å²) in [6.07, 6.45) is 7.60. The Bertz CT molecular complexity index is 473. The lowest BCUT2D eigenvalue weighted by Gasteiger charge is -2.55. The second kappa shape index (κ2) is 5.25. The zero-order chi connectivity index (χ0) is 13.5. The average molecular weight is 348 g/mol. The summed E-state index contributed by atoms with van der Waals surface area (Å²) in [6, 6.07) is 4.61. The summed E-state index contributed by atoms with van der Waals surface area (Å²) in [4.78, 5) is 0.557. The SMILES string of the molecule is Fc1ccc(OC2CC(Br)C23CCCCC3)cc1Cl. The third-order valence-corrected chi connectivity index (χ3v) is 6.22. The first-order valence-electron chi connectivity index (χ1n) is 6.87. The minimum atomic E-state index is -0.395. The van der Waals surface area contributed by atoms with Crippen molar-refractivity contribution in [2.75, 3.05) is 0 Å². The second-order valence-corrected chi connectivity index (χ2v) is 7.19. The Hall–Kier alpha value is -0.280. The summed E-state index contributed by atoms with van der Waals surface area (Å²) >= 11 is 9.59. The normalized spacial score (nSPS) is 29.0. The van der Waals surface area contributed by atoms with Crippen LogP contribution < -0.4 is 4.74 Å². The minimum Gasteiger partial charge on any atom is -0.490 e. The van der Waals surface area contributed by atoms with Crippen LogP contribution in [0.5, 0.6) is 5.75 Å². The van der Waals surface area contributed by atoms with Crippen LogP contribution in [-0.2, 0) is 0 Å². The molecule has 0 amide bonds. The Labute approximate surface area is 126 Å². The summed E-state index contributed by atoms with van der Waals surface area (Å²) in [5.41, 5.74) is 0.277. The number of hydrogen-bond acceptors (Lipinski definition) is 1. The van der Waals surface area contributed by atoms with Gasteiger partial charge in [0.05, 0.1) is 5.02 Å². The van der Waals surface area contributed by atoms with Gasteiger partial charge in [0.15, 0.2) is 0 Å². The number of hydrogen-bond donors (Lipinski definition) is 0. The molecule has 0 radical (unpaired) electrons. The van der Waals surface area contributed by atoms with Crippen LogP contribution in [0.25, 0.3) is 0 Å². The molecule has 3 rings (SSSR count). The lowest BCUT2D eigenvalue weighted by molar-refractivity contribution is -0.0601. The Morgan fingerprint density at radius 2 is 2.00 bits per heavy atom. The molecule has 0 bridgehead atoms. The molecular formula is C15H17BrClFO. The maximum absolute atomic E-state index is 13.1. The van der Waals surface area contributed by atoms with Gasteiger partial charge in [0.25, 0.3) is 0 Å². The fourth-order valence-corrected chi connectivity index (χ4v) is 4.69. The molecule has 2 aliphatic rings. The van der Waals surface area contributed by atoms with Crippen molar-refractivity contribution >= 4 is 27.5 Å². The first-order valence-corrected chi connectivity index (χ1v) is 8.17. The van der Waals surface area contributed by atoms with Crippen LogP contribution in [0, 0.1) is 11.2 Å². The molecule has 2 atom stereocenters. The van der Waals surface area contributed by atoms with Gasteiger partial charge in [0.2, 0.25) is 0 Å². The molecule has 0 saturated heterocycles. The molecule has 0 aliphatic heterocycles. The van der Waals surface area contributed by atoms with Gasteiger partial charge in [0.1, 0.15) is 17.7 Å². The van der Waals surface area contributed by atoms with Gasteiger partial charge < -0.3 is 4.74 Å². The molecule has 1 spiro atoms. The lowest BCUT2D eigenvalue weighted by Crippen LogP contribution is -2.57. The van der Waals surface area contributed by atoms with E-state index >= 15 is 0 Å². The quantitative estimate of drug-likeness (QED) is 0.656. The van der Waals surface area contributed by atoms with Crippen molar-refractivity contribution in [1.29, 1.82) is 0 Å². The topological polar surface area (TPSA) is 9.23 Å². The molecule has 4 heteroatoms. The molecule has 1 aromatic carbocycles. The Balaban J connectivity index is 1.74. The molecule has 1 nitrogen and oxygen atoms in total. The zero-order valence-electron chi connectivity index (χ0n) is 10.7. The van der Waals surface area contributed by atoms with Crippen LogP contribution in [0.1, 0.15) is 38.5 Å². The summed E-state index contributed by atoms with van der Waals surface area (Å²) in [5, 5.41) is 0.130. The minimum absolute atomic E-state index is 0.130. The van der Waals surface area contributed by atoms with E-state index in [0.717, 1.165) is 6.42 Å². The van der Waals surface area contributed by atoms with Crippen molar-refractivity contribution < 1.29 is 9.13 Å². The second-order valence-electron chi connectivity index (χ2n) is 5.68. The van der Waals surface area contributed by atoms with Crippen LogP contribution in [0.3, 0.4) is 0 Å². The van der Waals surface area contributed by atoms with E-state index in [-0.39, 0.29) is 16.5 Å². The molecule has 0 aromatic heterocycles. The van der Waals surface area contributed by atoms with Crippen LogP contribution >= 0.6 is 27.5 Å². The van der Waals surface area contributed by atoms with E-state index < -0.39 is 5.82 Å². The molecule has 2 unspecified atom stereocenters. The molecule has 2 saturated carbocycles. The van der Waals surface area contributed by atoms with E-state index in [4.69, 9.17) is 16.3 Å². The number of benzene rings is 1. The van der Waals surface area contributed by atoms with Gasteiger partial charge in [-0.05, 0) is 31.4 Å². The summed E-state index contributed by atoms with van der Waals surface area (Å²) in [6.45, 7) is 0. The highest BCUT2D eigenvalue weighted by Crippen LogP contribution is 2.56. The van der Waals surface area contributed by atoms with Gasteiger partial charge in [-0.3, -0.25) is 0 Å². The third kappa shape index (κ3) is 2.40. The summed E-state index contributed by atoms with van der Waals surface area (Å²) in [5.74, 6) is 0.286. The zero-order valence-corrected chi connectivity index (χ0v) is 13.0. The van der Waals surface area contributed by atoms with Crippen molar-refractivity contribution in [3.05, 3.63) is 29.0 Å². The first-order chi connectivity index (χ1) is 9.12. The first kappa shape index (κ1) is 13.7. The summed E-state index contributed by atoms with van der Waals surface area (Å²) < 4.78 is 19.2. The monoisotopic (exact) mass is 346 g/mol. The molecular weight excluding hydrogens is 331 g/mol. The highest BCUT2D eigenvalue weighted by atomic mass is 79.9. The fourth-order valence-electron chi connectivity index (χ4n) is 3.42. The average Bonchev–Trinajstić information content (AvgIpc) is 2.43. The molecule has 2 aliphatic carbocycles. The molecule has 104 valence electrons. The number of halogens is 3. The van der Waals surface area contributed by atoms with Gasteiger partial charge in [-0.2, -0.15) is 0 Å². The van der Waals surface area contributed by atoms with E-state index in [2.05, 4.69) is 15.9 Å². The largest absolute Gasteiger partial charge is 0.490 e. The van der Waals surface area contributed by atoms with Crippen LogP contribution in [0.15, 0.2) is 18.2 Å².